The summed E-state index contributed by atoms with van der Waals surface area (Å²) < 4.78 is 52.1. The molecule has 244 valence electrons. The average Bonchev–Trinajstić information content (AvgIpc) is 3.44. The van der Waals surface area contributed by atoms with Gasteiger partial charge in [0.1, 0.15) is 17.9 Å². The number of ether oxygens (including phenoxy) is 4. The molecule has 0 amide bonds. The summed E-state index contributed by atoms with van der Waals surface area (Å²) in [7, 11) is -0.914. The molecule has 0 saturated carbocycles. The molecular weight excluding hydrogens is 633 g/mol. The van der Waals surface area contributed by atoms with Crippen molar-refractivity contribution in [3.63, 3.8) is 0 Å². The zero-order valence-electron chi connectivity index (χ0n) is 25.8. The van der Waals surface area contributed by atoms with E-state index in [9.17, 15) is 18.0 Å². The summed E-state index contributed by atoms with van der Waals surface area (Å²) in [5.41, 5.74) is 2.23. The van der Waals surface area contributed by atoms with Gasteiger partial charge in [-0.3, -0.25) is 4.79 Å². The first-order chi connectivity index (χ1) is 22.1. The molecule has 4 aromatic rings. The zero-order chi connectivity index (χ0) is 32.8. The van der Waals surface area contributed by atoms with Gasteiger partial charge in [0.15, 0.2) is 18.1 Å². The maximum Gasteiger partial charge on any atom is 0.341 e. The molecule has 1 N–H and O–H groups in total. The van der Waals surface area contributed by atoms with Crippen LogP contribution >= 0.6 is 11.3 Å². The molecule has 11 nitrogen and oxygen atoms in total. The Morgan fingerprint density at radius 2 is 1.85 bits per heavy atom. The topological polar surface area (TPSA) is 142 Å². The van der Waals surface area contributed by atoms with Gasteiger partial charge in [-0.2, -0.15) is 4.31 Å². The lowest BCUT2D eigenvalue weighted by Gasteiger charge is -2.34. The molecule has 1 saturated heterocycles. The number of hydrogen-bond donors (Lipinski definition) is 1. The third-order valence-corrected chi connectivity index (χ3v) is 10.6. The second-order valence-electron chi connectivity index (χ2n) is 10.9. The van der Waals surface area contributed by atoms with Gasteiger partial charge in [-0.15, -0.1) is 11.3 Å². The Kier molecular flexibility index (Phi) is 10.4. The molecule has 0 unspecified atom stereocenters. The number of thiazole rings is 1. The van der Waals surface area contributed by atoms with Crippen LogP contribution in [0.15, 0.2) is 65.6 Å². The smallest absolute Gasteiger partial charge is 0.341 e. The lowest BCUT2D eigenvalue weighted by Crippen LogP contribution is -2.48. The number of aromatic nitrogens is 1. The maximum absolute atomic E-state index is 13.9. The largest absolute Gasteiger partial charge is 0.493 e. The van der Waals surface area contributed by atoms with Crippen molar-refractivity contribution in [3.8, 4) is 17.2 Å². The first kappa shape index (κ1) is 33.2. The van der Waals surface area contributed by atoms with Gasteiger partial charge >= 0.3 is 11.9 Å². The summed E-state index contributed by atoms with van der Waals surface area (Å²) in [6, 6.07) is 16.1. The molecule has 13 heteroatoms. The molecule has 0 radical (unpaired) electrons. The number of aryl methyl sites for hydroxylation is 2. The van der Waals surface area contributed by atoms with Crippen molar-refractivity contribution in [2.24, 2.45) is 0 Å². The van der Waals surface area contributed by atoms with E-state index in [4.69, 9.17) is 24.1 Å². The van der Waals surface area contributed by atoms with E-state index in [0.717, 1.165) is 20.8 Å². The number of carbonyl (C=O) groups is 2. The Bertz CT molecular complexity index is 1820. The van der Waals surface area contributed by atoms with E-state index in [-0.39, 0.29) is 11.4 Å². The Labute approximate surface area is 271 Å². The summed E-state index contributed by atoms with van der Waals surface area (Å²) in [5, 5.41) is 9.90. The van der Waals surface area contributed by atoms with Crippen LogP contribution in [0.3, 0.4) is 0 Å². The van der Waals surface area contributed by atoms with E-state index >= 15 is 0 Å². The number of benzene rings is 3. The molecule has 0 spiro atoms. The molecule has 1 aromatic heterocycles. The molecule has 3 aromatic carbocycles. The van der Waals surface area contributed by atoms with Crippen LogP contribution in [0.5, 0.6) is 17.2 Å². The molecular formula is C33H36N2O9S2. The minimum Gasteiger partial charge on any atom is -0.493 e. The predicted octanol–water partition coefficient (Wildman–Crippen LogP) is 5.55. The van der Waals surface area contributed by atoms with Crippen molar-refractivity contribution in [1.29, 1.82) is 0 Å². The average molecular weight is 669 g/mol. The number of fused-ring (bicyclic) bond motifs is 1. The molecule has 5 rings (SSSR count). The van der Waals surface area contributed by atoms with Gasteiger partial charge in [0.05, 0.1) is 34.3 Å². The number of methoxy groups -OCH3 is 2. The minimum atomic E-state index is -4.02. The molecule has 0 bridgehead atoms. The van der Waals surface area contributed by atoms with Crippen molar-refractivity contribution >= 4 is 43.5 Å². The van der Waals surface area contributed by atoms with Crippen molar-refractivity contribution in [1.82, 2.24) is 9.29 Å². The normalized spacial score (nSPS) is 16.1. The standard InChI is InChI=1S/C33H36N2O9S2/c1-21-34-26-13-12-25(19-31(26)45-21)46(39,40)35-16-5-4-9-27(35)33(38)44-28(23-7-6-8-24(18-23)43-20-32(36)37)14-10-22-11-15-29(41-2)30(17-22)42-3/h6-8,11-13,15,17-19,27-28H,4-5,9-10,14,16,20H2,1-3H3,(H,36,37)/t27-,28+/m0/s1. The van der Waals surface area contributed by atoms with Gasteiger partial charge in [-0.25, -0.2) is 18.2 Å². The number of hydrogen-bond acceptors (Lipinski definition) is 10. The monoisotopic (exact) mass is 668 g/mol. The lowest BCUT2D eigenvalue weighted by molar-refractivity contribution is -0.155. The molecule has 1 fully saturated rings. The molecule has 2 atom stereocenters. The number of aliphatic carboxylic acids is 1. The van der Waals surface area contributed by atoms with Crippen LogP contribution in [-0.2, 0) is 30.8 Å². The van der Waals surface area contributed by atoms with Crippen molar-refractivity contribution in [3.05, 3.63) is 76.8 Å². The van der Waals surface area contributed by atoms with Crippen LogP contribution in [0, 0.1) is 6.92 Å². The Hall–Kier alpha value is -4.20. The second kappa shape index (κ2) is 14.5. The number of esters is 1. The van der Waals surface area contributed by atoms with E-state index in [2.05, 4.69) is 4.98 Å². The Balaban J connectivity index is 1.41. The SMILES string of the molecule is COc1ccc(CC[C@@H](OC(=O)[C@@H]2CCCCN2S(=O)(=O)c2ccc3nc(C)sc3c2)c2cccc(OCC(=O)O)c2)cc1OC. The van der Waals surface area contributed by atoms with Crippen molar-refractivity contribution < 1.29 is 42.1 Å². The van der Waals surface area contributed by atoms with Crippen LogP contribution in [0.4, 0.5) is 0 Å². The maximum atomic E-state index is 13.9. The zero-order valence-corrected chi connectivity index (χ0v) is 27.4. The van der Waals surface area contributed by atoms with Gasteiger partial charge in [0.2, 0.25) is 10.0 Å². The van der Waals surface area contributed by atoms with E-state index in [1.54, 1.807) is 56.7 Å². The fraction of sp³-hybridized carbons (Fsp3) is 0.364. The highest BCUT2D eigenvalue weighted by atomic mass is 32.2. The van der Waals surface area contributed by atoms with Crippen LogP contribution in [0.2, 0.25) is 0 Å². The third kappa shape index (κ3) is 7.60. The first-order valence-electron chi connectivity index (χ1n) is 14.8. The van der Waals surface area contributed by atoms with Gasteiger partial charge in [-0.05, 0) is 92.6 Å². The molecule has 1 aliphatic rings. The van der Waals surface area contributed by atoms with Gasteiger partial charge in [-0.1, -0.05) is 18.2 Å². The quantitative estimate of drug-likeness (QED) is 0.180. The number of rotatable bonds is 13. The van der Waals surface area contributed by atoms with Crippen molar-refractivity contribution in [2.45, 2.75) is 56.1 Å². The fourth-order valence-electron chi connectivity index (χ4n) is 5.54. The van der Waals surface area contributed by atoms with Crippen molar-refractivity contribution in [2.75, 3.05) is 27.4 Å². The lowest BCUT2D eigenvalue weighted by atomic mass is 10.00. The first-order valence-corrected chi connectivity index (χ1v) is 17.1. The number of sulfonamides is 1. The Morgan fingerprint density at radius 3 is 2.61 bits per heavy atom. The van der Waals surface area contributed by atoms with Crippen LogP contribution < -0.4 is 14.2 Å². The number of carboxylic acids is 1. The van der Waals surface area contributed by atoms with Gasteiger partial charge in [0, 0.05) is 6.54 Å². The third-order valence-electron chi connectivity index (χ3n) is 7.79. The molecule has 1 aliphatic heterocycles. The summed E-state index contributed by atoms with van der Waals surface area (Å²) in [6.45, 7) is 1.53. The number of piperidine rings is 1. The summed E-state index contributed by atoms with van der Waals surface area (Å²) in [6.07, 6.45) is 1.68. The fourth-order valence-corrected chi connectivity index (χ4v) is 8.15. The predicted molar refractivity (Wildman–Crippen MR) is 172 cm³/mol. The Morgan fingerprint density at radius 1 is 1.04 bits per heavy atom. The highest BCUT2D eigenvalue weighted by Crippen LogP contribution is 2.34. The molecule has 2 heterocycles. The number of nitrogens with zero attached hydrogens (tertiary/aromatic N) is 2. The summed E-state index contributed by atoms with van der Waals surface area (Å²) in [5.74, 6) is -0.312. The van der Waals surface area contributed by atoms with Gasteiger partial charge < -0.3 is 24.1 Å². The van der Waals surface area contributed by atoms with E-state index in [1.165, 1.54) is 21.7 Å². The summed E-state index contributed by atoms with van der Waals surface area (Å²) in [4.78, 5) is 29.5. The minimum absolute atomic E-state index is 0.108. The van der Waals surface area contributed by atoms with E-state index in [0.29, 0.717) is 54.9 Å². The highest BCUT2D eigenvalue weighted by Gasteiger charge is 2.39. The number of carboxylic acid groups (broad SMARTS) is 1. The van der Waals surface area contributed by atoms with Crippen LogP contribution in [0.25, 0.3) is 10.2 Å². The van der Waals surface area contributed by atoms with Crippen LogP contribution in [-0.4, -0.2) is 68.2 Å². The van der Waals surface area contributed by atoms with Gasteiger partial charge in [0.25, 0.3) is 0 Å². The van der Waals surface area contributed by atoms with E-state index < -0.39 is 40.7 Å². The van der Waals surface area contributed by atoms with E-state index in [1.807, 2.05) is 19.1 Å². The molecule has 0 aliphatic carbocycles. The molecule has 46 heavy (non-hydrogen) atoms. The second-order valence-corrected chi connectivity index (χ2v) is 14.0. The highest BCUT2D eigenvalue weighted by molar-refractivity contribution is 7.89. The summed E-state index contributed by atoms with van der Waals surface area (Å²) >= 11 is 1.41. The van der Waals surface area contributed by atoms with Crippen LogP contribution in [0.1, 0.15) is 47.9 Å². The number of carbonyl (C=O) groups excluding carboxylic acids is 1.